The highest BCUT2D eigenvalue weighted by Crippen LogP contribution is 2.28. The number of esters is 1. The van der Waals surface area contributed by atoms with E-state index in [-0.39, 0.29) is 12.5 Å². The molecule has 0 fully saturated rings. The van der Waals surface area contributed by atoms with Crippen LogP contribution in [0.2, 0.25) is 0 Å². The van der Waals surface area contributed by atoms with Crippen molar-refractivity contribution in [2.45, 2.75) is 13.5 Å². The van der Waals surface area contributed by atoms with E-state index in [0.717, 1.165) is 5.56 Å². The topological polar surface area (TPSA) is 99.2 Å². The van der Waals surface area contributed by atoms with Gasteiger partial charge in [0.1, 0.15) is 17.2 Å². The molecule has 20 heavy (non-hydrogen) atoms. The van der Waals surface area contributed by atoms with E-state index in [1.807, 2.05) is 6.92 Å². The lowest BCUT2D eigenvalue weighted by Crippen LogP contribution is -2.20. The minimum atomic E-state index is -0.471. The number of hydrogen-bond donors (Lipinski definition) is 2. The van der Waals surface area contributed by atoms with Crippen LogP contribution in [0.25, 0.3) is 0 Å². The Hall–Kier alpha value is -2.35. The quantitative estimate of drug-likeness (QED) is 0.827. The maximum absolute atomic E-state index is 11.9. The molecule has 0 saturated heterocycles. The van der Waals surface area contributed by atoms with Gasteiger partial charge < -0.3 is 15.8 Å². The first-order valence-corrected chi connectivity index (χ1v) is 6.64. The molecule has 2 aromatic rings. The van der Waals surface area contributed by atoms with E-state index in [1.165, 1.54) is 23.1 Å². The van der Waals surface area contributed by atoms with Crippen LogP contribution in [-0.4, -0.2) is 28.8 Å². The van der Waals surface area contributed by atoms with Crippen molar-refractivity contribution in [2.75, 3.05) is 18.2 Å². The van der Waals surface area contributed by atoms with Crippen molar-refractivity contribution in [3.8, 4) is 0 Å². The third-order valence-electron chi connectivity index (χ3n) is 2.58. The molecular formula is C12H14N4O3S. The van der Waals surface area contributed by atoms with E-state index in [9.17, 15) is 9.59 Å². The fourth-order valence-electron chi connectivity index (χ4n) is 1.63. The first-order chi connectivity index (χ1) is 9.51. The molecule has 2 rings (SSSR count). The van der Waals surface area contributed by atoms with Gasteiger partial charge in [0, 0.05) is 6.20 Å². The zero-order chi connectivity index (χ0) is 14.7. The molecule has 0 radical (unpaired) electrons. The van der Waals surface area contributed by atoms with Gasteiger partial charge in [0.15, 0.2) is 0 Å². The van der Waals surface area contributed by atoms with Gasteiger partial charge in [0.2, 0.25) is 5.91 Å². The van der Waals surface area contributed by atoms with Crippen molar-refractivity contribution in [2.24, 2.45) is 0 Å². The number of hydrogen-bond acceptors (Lipinski definition) is 6. The molecule has 0 bridgehead atoms. The van der Waals surface area contributed by atoms with Gasteiger partial charge in [-0.3, -0.25) is 9.48 Å². The number of nitrogens with zero attached hydrogens (tertiary/aromatic N) is 2. The SMILES string of the molecule is COC(=O)c1scc(C)c1NC(=O)Cn1ccc(N)n1. The van der Waals surface area contributed by atoms with Gasteiger partial charge in [-0.1, -0.05) is 0 Å². The van der Waals surface area contributed by atoms with Gasteiger partial charge in [0.25, 0.3) is 0 Å². The number of aromatic nitrogens is 2. The predicted octanol–water partition coefficient (Wildman–Crippen LogP) is 1.26. The van der Waals surface area contributed by atoms with E-state index < -0.39 is 5.97 Å². The lowest BCUT2D eigenvalue weighted by Gasteiger charge is -2.07. The van der Waals surface area contributed by atoms with Gasteiger partial charge in [-0.05, 0) is 23.9 Å². The Kier molecular flexibility index (Phi) is 4.04. The van der Waals surface area contributed by atoms with Crippen LogP contribution in [0, 0.1) is 6.92 Å². The average Bonchev–Trinajstić information content (AvgIpc) is 2.96. The summed E-state index contributed by atoms with van der Waals surface area (Å²) in [5.74, 6) is -0.416. The first-order valence-electron chi connectivity index (χ1n) is 5.76. The Morgan fingerprint density at radius 1 is 1.55 bits per heavy atom. The number of amides is 1. The third-order valence-corrected chi connectivity index (χ3v) is 3.65. The highest BCUT2D eigenvalue weighted by atomic mass is 32.1. The number of nitrogen functional groups attached to an aromatic ring is 1. The molecule has 0 atom stereocenters. The number of thiophene rings is 1. The Balaban J connectivity index is 2.11. The second kappa shape index (κ2) is 5.74. The molecule has 8 heteroatoms. The molecule has 0 aliphatic heterocycles. The molecule has 3 N–H and O–H groups in total. The zero-order valence-electron chi connectivity index (χ0n) is 11.0. The highest BCUT2D eigenvalue weighted by Gasteiger charge is 2.18. The number of nitrogens with two attached hydrogens (primary N) is 1. The van der Waals surface area contributed by atoms with Crippen molar-refractivity contribution < 1.29 is 14.3 Å². The summed E-state index contributed by atoms with van der Waals surface area (Å²) < 4.78 is 6.10. The number of ether oxygens (including phenoxy) is 1. The normalized spacial score (nSPS) is 10.3. The van der Waals surface area contributed by atoms with Crippen LogP contribution in [0.1, 0.15) is 15.2 Å². The Labute approximate surface area is 119 Å². The second-order valence-corrected chi connectivity index (χ2v) is 4.98. The van der Waals surface area contributed by atoms with Crippen molar-refractivity contribution in [1.82, 2.24) is 9.78 Å². The number of anilines is 2. The van der Waals surface area contributed by atoms with E-state index in [1.54, 1.807) is 17.6 Å². The summed E-state index contributed by atoms with van der Waals surface area (Å²) in [7, 11) is 1.30. The molecule has 0 saturated carbocycles. The maximum Gasteiger partial charge on any atom is 0.350 e. The molecule has 1 amide bonds. The fourth-order valence-corrected chi connectivity index (χ4v) is 2.56. The summed E-state index contributed by atoms with van der Waals surface area (Å²) in [6.07, 6.45) is 1.61. The Bertz CT molecular complexity index is 647. The minimum absolute atomic E-state index is 0.0209. The summed E-state index contributed by atoms with van der Waals surface area (Å²) in [5.41, 5.74) is 6.76. The molecule has 0 aliphatic carbocycles. The summed E-state index contributed by atoms with van der Waals surface area (Å²) in [4.78, 5) is 23.9. The van der Waals surface area contributed by atoms with Crippen molar-refractivity contribution in [3.05, 3.63) is 28.1 Å². The van der Waals surface area contributed by atoms with E-state index in [2.05, 4.69) is 15.2 Å². The van der Waals surface area contributed by atoms with Crippen LogP contribution in [0.15, 0.2) is 17.6 Å². The molecule has 0 aromatic carbocycles. The number of rotatable bonds is 4. The Morgan fingerprint density at radius 3 is 2.90 bits per heavy atom. The number of carbonyl (C=O) groups excluding carboxylic acids is 2. The van der Waals surface area contributed by atoms with Gasteiger partial charge in [-0.25, -0.2) is 4.79 Å². The molecule has 2 heterocycles. The monoisotopic (exact) mass is 294 g/mol. The molecule has 7 nitrogen and oxygen atoms in total. The van der Waals surface area contributed by atoms with Crippen LogP contribution in [0.5, 0.6) is 0 Å². The van der Waals surface area contributed by atoms with E-state index in [4.69, 9.17) is 5.73 Å². The zero-order valence-corrected chi connectivity index (χ0v) is 11.9. The van der Waals surface area contributed by atoms with Gasteiger partial charge in [-0.15, -0.1) is 11.3 Å². The second-order valence-electron chi connectivity index (χ2n) is 4.10. The number of carbonyl (C=O) groups is 2. The maximum atomic E-state index is 11.9. The molecule has 2 aromatic heterocycles. The smallest absolute Gasteiger partial charge is 0.350 e. The van der Waals surface area contributed by atoms with Crippen molar-refractivity contribution in [1.29, 1.82) is 0 Å². The van der Waals surface area contributed by atoms with Crippen LogP contribution in [-0.2, 0) is 16.1 Å². The van der Waals surface area contributed by atoms with Crippen molar-refractivity contribution in [3.63, 3.8) is 0 Å². The standard InChI is InChI=1S/C12H14N4O3S/c1-7-6-20-11(12(18)19-2)10(7)14-9(17)5-16-4-3-8(13)15-16/h3-4,6H,5H2,1-2H3,(H2,13,15)(H,14,17). The fraction of sp³-hybridized carbons (Fsp3) is 0.250. The lowest BCUT2D eigenvalue weighted by atomic mass is 10.2. The van der Waals surface area contributed by atoms with Crippen LogP contribution < -0.4 is 11.1 Å². The van der Waals surface area contributed by atoms with E-state index in [0.29, 0.717) is 16.4 Å². The summed E-state index contributed by atoms with van der Waals surface area (Å²) in [5, 5.41) is 8.41. The average molecular weight is 294 g/mol. The molecule has 0 unspecified atom stereocenters. The molecule has 0 aliphatic rings. The minimum Gasteiger partial charge on any atom is -0.465 e. The number of aryl methyl sites for hydroxylation is 1. The summed E-state index contributed by atoms with van der Waals surface area (Å²) in [6.45, 7) is 1.83. The Morgan fingerprint density at radius 2 is 2.30 bits per heavy atom. The molecule has 106 valence electrons. The number of methoxy groups -OCH3 is 1. The lowest BCUT2D eigenvalue weighted by molar-refractivity contribution is -0.116. The summed E-state index contributed by atoms with van der Waals surface area (Å²) in [6, 6.07) is 1.60. The third kappa shape index (κ3) is 2.97. The van der Waals surface area contributed by atoms with Gasteiger partial charge in [-0.2, -0.15) is 5.10 Å². The number of nitrogens with one attached hydrogen (secondary N) is 1. The van der Waals surface area contributed by atoms with Gasteiger partial charge in [0.05, 0.1) is 12.8 Å². The van der Waals surface area contributed by atoms with Crippen molar-refractivity contribution >= 4 is 34.7 Å². The molecular weight excluding hydrogens is 280 g/mol. The predicted molar refractivity (Wildman–Crippen MR) is 75.7 cm³/mol. The largest absolute Gasteiger partial charge is 0.465 e. The summed E-state index contributed by atoms with van der Waals surface area (Å²) >= 11 is 1.23. The van der Waals surface area contributed by atoms with Crippen LogP contribution in [0.3, 0.4) is 0 Å². The highest BCUT2D eigenvalue weighted by molar-refractivity contribution is 7.12. The first kappa shape index (κ1) is 14.1. The van der Waals surface area contributed by atoms with Gasteiger partial charge >= 0.3 is 5.97 Å². The van der Waals surface area contributed by atoms with Crippen LogP contribution in [0.4, 0.5) is 11.5 Å². The molecule has 0 spiro atoms. The van der Waals surface area contributed by atoms with Crippen LogP contribution >= 0.6 is 11.3 Å². The van der Waals surface area contributed by atoms with E-state index >= 15 is 0 Å².